The Morgan fingerprint density at radius 1 is 1.55 bits per heavy atom. The second-order valence-electron chi connectivity index (χ2n) is 4.56. The number of benzene rings is 1. The molecule has 1 saturated heterocycles. The summed E-state index contributed by atoms with van der Waals surface area (Å²) in [4.78, 5) is 23.9. The number of esters is 1. The van der Waals surface area contributed by atoms with Crippen molar-refractivity contribution in [2.45, 2.75) is 13.0 Å². The van der Waals surface area contributed by atoms with E-state index in [1.807, 2.05) is 11.0 Å². The lowest BCUT2D eigenvalue weighted by Gasteiger charge is -2.33. The molecular formula is C13H16N2O5. The van der Waals surface area contributed by atoms with E-state index in [0.29, 0.717) is 30.9 Å². The first-order valence-electron chi connectivity index (χ1n) is 6.22. The van der Waals surface area contributed by atoms with E-state index >= 15 is 0 Å². The van der Waals surface area contributed by atoms with Gasteiger partial charge in [-0.1, -0.05) is 6.07 Å². The molecule has 1 aliphatic rings. The molecule has 0 spiro atoms. The van der Waals surface area contributed by atoms with E-state index in [-0.39, 0.29) is 5.69 Å². The van der Waals surface area contributed by atoms with Gasteiger partial charge in [0.25, 0.3) is 5.69 Å². The number of nitro groups is 1. The predicted octanol–water partition coefficient (Wildman–Crippen LogP) is 1.28. The molecule has 0 radical (unpaired) electrons. The van der Waals surface area contributed by atoms with E-state index < -0.39 is 17.0 Å². The molecule has 0 bridgehead atoms. The lowest BCUT2D eigenvalue weighted by atomic mass is 10.1. The molecule has 1 heterocycles. The van der Waals surface area contributed by atoms with E-state index in [4.69, 9.17) is 4.74 Å². The summed E-state index contributed by atoms with van der Waals surface area (Å²) in [5.74, 6) is -0.434. The van der Waals surface area contributed by atoms with Gasteiger partial charge in [-0.15, -0.1) is 0 Å². The van der Waals surface area contributed by atoms with Crippen molar-refractivity contribution in [2.24, 2.45) is 0 Å². The summed E-state index contributed by atoms with van der Waals surface area (Å²) in [6.45, 7) is 2.97. The van der Waals surface area contributed by atoms with Crippen molar-refractivity contribution in [3.63, 3.8) is 0 Å². The average Bonchev–Trinajstić information content (AvgIpc) is 2.46. The van der Waals surface area contributed by atoms with E-state index in [9.17, 15) is 14.9 Å². The summed E-state index contributed by atoms with van der Waals surface area (Å²) in [7, 11) is 1.31. The summed E-state index contributed by atoms with van der Waals surface area (Å²) < 4.78 is 9.99. The molecule has 0 aromatic heterocycles. The molecule has 1 fully saturated rings. The summed E-state index contributed by atoms with van der Waals surface area (Å²) in [5, 5.41) is 11.0. The van der Waals surface area contributed by atoms with Gasteiger partial charge in [-0.25, -0.2) is 4.79 Å². The fourth-order valence-electron chi connectivity index (χ4n) is 2.15. The number of hydrogen-bond acceptors (Lipinski definition) is 6. The zero-order valence-corrected chi connectivity index (χ0v) is 11.4. The highest BCUT2D eigenvalue weighted by Gasteiger charge is 2.28. The zero-order chi connectivity index (χ0) is 14.7. The van der Waals surface area contributed by atoms with Crippen molar-refractivity contribution in [3.8, 4) is 0 Å². The van der Waals surface area contributed by atoms with Crippen molar-refractivity contribution < 1.29 is 19.2 Å². The molecule has 0 N–H and O–H groups in total. The van der Waals surface area contributed by atoms with Gasteiger partial charge >= 0.3 is 5.97 Å². The van der Waals surface area contributed by atoms with Crippen LogP contribution >= 0.6 is 0 Å². The molecule has 7 heteroatoms. The quantitative estimate of drug-likeness (QED) is 0.471. The maximum absolute atomic E-state index is 11.5. The van der Waals surface area contributed by atoms with Crippen LogP contribution in [-0.2, 0) is 14.3 Å². The topological polar surface area (TPSA) is 81.9 Å². The fourth-order valence-corrected chi connectivity index (χ4v) is 2.15. The number of ether oxygens (including phenoxy) is 2. The van der Waals surface area contributed by atoms with Gasteiger partial charge in [0.2, 0.25) is 0 Å². The molecule has 108 valence electrons. The second-order valence-corrected chi connectivity index (χ2v) is 4.56. The Hall–Kier alpha value is -2.15. The van der Waals surface area contributed by atoms with Crippen LogP contribution < -0.4 is 4.90 Å². The number of anilines is 1. The van der Waals surface area contributed by atoms with Crippen LogP contribution in [0.4, 0.5) is 11.4 Å². The van der Waals surface area contributed by atoms with Gasteiger partial charge in [-0.05, 0) is 13.0 Å². The third kappa shape index (κ3) is 2.88. The zero-order valence-electron chi connectivity index (χ0n) is 11.4. The first-order chi connectivity index (χ1) is 9.52. The molecular weight excluding hydrogens is 264 g/mol. The molecule has 0 aliphatic carbocycles. The largest absolute Gasteiger partial charge is 0.467 e. The lowest BCUT2D eigenvalue weighted by Crippen LogP contribution is -2.46. The van der Waals surface area contributed by atoms with Crippen molar-refractivity contribution >= 4 is 17.3 Å². The molecule has 1 aliphatic heterocycles. The third-order valence-electron chi connectivity index (χ3n) is 3.29. The number of hydrogen-bond donors (Lipinski definition) is 0. The number of rotatable bonds is 3. The Labute approximate surface area is 116 Å². The number of methoxy groups -OCH3 is 1. The molecule has 2 rings (SSSR count). The molecule has 20 heavy (non-hydrogen) atoms. The normalized spacial score (nSPS) is 18.7. The number of carbonyl (C=O) groups excluding carboxylic acids is 1. The first-order valence-corrected chi connectivity index (χ1v) is 6.22. The SMILES string of the molecule is COC(=O)C1CN(c2ccc(C)c([N+](=O)[O-])c2)CCO1. The average molecular weight is 280 g/mol. The van der Waals surface area contributed by atoms with E-state index in [1.54, 1.807) is 13.0 Å². The van der Waals surface area contributed by atoms with Crippen molar-refractivity contribution in [1.82, 2.24) is 0 Å². The van der Waals surface area contributed by atoms with E-state index in [0.717, 1.165) is 0 Å². The predicted molar refractivity (Wildman–Crippen MR) is 71.8 cm³/mol. The van der Waals surface area contributed by atoms with Crippen LogP contribution in [0.3, 0.4) is 0 Å². The van der Waals surface area contributed by atoms with Gasteiger partial charge in [0.15, 0.2) is 6.10 Å². The molecule has 1 aromatic carbocycles. The van der Waals surface area contributed by atoms with Crippen LogP contribution in [0.2, 0.25) is 0 Å². The smallest absolute Gasteiger partial charge is 0.336 e. The van der Waals surface area contributed by atoms with Gasteiger partial charge in [-0.2, -0.15) is 0 Å². The number of nitrogens with zero attached hydrogens (tertiary/aromatic N) is 2. The first kappa shape index (κ1) is 14.3. The molecule has 1 unspecified atom stereocenters. The maximum atomic E-state index is 11.5. The summed E-state index contributed by atoms with van der Waals surface area (Å²) in [6, 6.07) is 5.03. The minimum Gasteiger partial charge on any atom is -0.467 e. The van der Waals surface area contributed by atoms with Crippen LogP contribution in [0.15, 0.2) is 18.2 Å². The van der Waals surface area contributed by atoms with Gasteiger partial charge < -0.3 is 14.4 Å². The van der Waals surface area contributed by atoms with Crippen LogP contribution in [0.5, 0.6) is 0 Å². The minimum absolute atomic E-state index is 0.0728. The molecule has 7 nitrogen and oxygen atoms in total. The van der Waals surface area contributed by atoms with E-state index in [1.165, 1.54) is 13.2 Å². The number of aryl methyl sites for hydroxylation is 1. The molecule has 1 atom stereocenters. The van der Waals surface area contributed by atoms with Crippen molar-refractivity contribution in [2.75, 3.05) is 31.7 Å². The summed E-state index contributed by atoms with van der Waals surface area (Å²) in [5.41, 5.74) is 1.39. The number of nitro benzene ring substituents is 1. The summed E-state index contributed by atoms with van der Waals surface area (Å²) in [6.07, 6.45) is -0.658. The molecule has 1 aromatic rings. The standard InChI is InChI=1S/C13H16N2O5/c1-9-3-4-10(7-11(9)15(17)18)14-5-6-20-12(8-14)13(16)19-2/h3-4,7,12H,5-6,8H2,1-2H3. The van der Waals surface area contributed by atoms with Gasteiger partial charge in [0.1, 0.15) is 0 Å². The van der Waals surface area contributed by atoms with E-state index in [2.05, 4.69) is 4.74 Å². The Kier molecular flexibility index (Phi) is 4.19. The van der Waals surface area contributed by atoms with Crippen molar-refractivity contribution in [1.29, 1.82) is 0 Å². The van der Waals surface area contributed by atoms with Crippen molar-refractivity contribution in [3.05, 3.63) is 33.9 Å². The fraction of sp³-hybridized carbons (Fsp3) is 0.462. The highest BCUT2D eigenvalue weighted by atomic mass is 16.6. The third-order valence-corrected chi connectivity index (χ3v) is 3.29. The van der Waals surface area contributed by atoms with Gasteiger partial charge in [0.05, 0.1) is 25.2 Å². The minimum atomic E-state index is -0.658. The maximum Gasteiger partial charge on any atom is 0.336 e. The number of morpholine rings is 1. The molecule has 0 saturated carbocycles. The monoisotopic (exact) mass is 280 g/mol. The Morgan fingerprint density at radius 2 is 2.30 bits per heavy atom. The van der Waals surface area contributed by atoms with Crippen LogP contribution in [0.1, 0.15) is 5.56 Å². The van der Waals surface area contributed by atoms with Crippen LogP contribution in [-0.4, -0.2) is 43.8 Å². The highest BCUT2D eigenvalue weighted by Crippen LogP contribution is 2.26. The van der Waals surface area contributed by atoms with Crippen LogP contribution in [0.25, 0.3) is 0 Å². The highest BCUT2D eigenvalue weighted by molar-refractivity contribution is 5.76. The Balaban J connectivity index is 2.21. The van der Waals surface area contributed by atoms with Crippen LogP contribution in [0, 0.1) is 17.0 Å². The Morgan fingerprint density at radius 3 is 2.95 bits per heavy atom. The lowest BCUT2D eigenvalue weighted by molar-refractivity contribution is -0.385. The number of carbonyl (C=O) groups is 1. The van der Waals surface area contributed by atoms with Gasteiger partial charge in [-0.3, -0.25) is 10.1 Å². The van der Waals surface area contributed by atoms with Gasteiger partial charge in [0, 0.05) is 23.9 Å². The second kappa shape index (κ2) is 5.87. The molecule has 0 amide bonds. The Bertz CT molecular complexity index is 531. The summed E-state index contributed by atoms with van der Waals surface area (Å²) >= 11 is 0.